The third-order valence-corrected chi connectivity index (χ3v) is 3.29. The van der Waals surface area contributed by atoms with Gasteiger partial charge in [0, 0.05) is 12.4 Å². The van der Waals surface area contributed by atoms with Gasteiger partial charge in [0.25, 0.3) is 11.5 Å². The van der Waals surface area contributed by atoms with E-state index < -0.39 is 5.91 Å². The van der Waals surface area contributed by atoms with Gasteiger partial charge in [-0.2, -0.15) is 10.2 Å². The Balaban J connectivity index is 1.91. The summed E-state index contributed by atoms with van der Waals surface area (Å²) in [5, 5.41) is 8.78. The molecule has 1 aromatic carbocycles. The lowest BCUT2D eigenvalue weighted by molar-refractivity contribution is 0.0950. The van der Waals surface area contributed by atoms with E-state index in [0.717, 1.165) is 10.4 Å². The van der Waals surface area contributed by atoms with Crippen molar-refractivity contribution in [2.24, 2.45) is 12.1 Å². The fourth-order valence-electron chi connectivity index (χ4n) is 2.20. The van der Waals surface area contributed by atoms with Gasteiger partial charge in [-0.25, -0.2) is 10.1 Å². The summed E-state index contributed by atoms with van der Waals surface area (Å²) in [4.78, 5) is 24.3. The molecule has 0 aliphatic rings. The molecular formula is C16H14N4O3. The molecule has 0 bridgehead atoms. The number of nitrogens with zero attached hydrogens (tertiary/aromatic N) is 3. The lowest BCUT2D eigenvalue weighted by Gasteiger charge is -2.06. The Kier molecular flexibility index (Phi) is 3.76. The first kappa shape index (κ1) is 14.7. The largest absolute Gasteiger partial charge is 0.460 e. The van der Waals surface area contributed by atoms with Crippen LogP contribution in [0.15, 0.2) is 50.7 Å². The fourth-order valence-corrected chi connectivity index (χ4v) is 2.20. The minimum Gasteiger partial charge on any atom is -0.460 e. The first-order chi connectivity index (χ1) is 11.1. The molecule has 0 radical (unpaired) electrons. The predicted octanol–water partition coefficient (Wildman–Crippen LogP) is 1.60. The molecule has 0 fully saturated rings. The van der Waals surface area contributed by atoms with E-state index in [9.17, 15) is 9.59 Å². The van der Waals surface area contributed by atoms with E-state index in [1.54, 1.807) is 36.4 Å². The van der Waals surface area contributed by atoms with E-state index in [-0.39, 0.29) is 11.3 Å². The standard InChI is InChI=1S/C16H14N4O3/c1-10-7-8-11(23-10)9-17-18-15(21)14-12-5-3-4-6-13(12)16(22)20(2)19-14/h3-9H,1-2H3,(H,18,21)/b17-9+. The van der Waals surface area contributed by atoms with Gasteiger partial charge in [-0.1, -0.05) is 18.2 Å². The van der Waals surface area contributed by atoms with Gasteiger partial charge in [0.1, 0.15) is 11.5 Å². The first-order valence-electron chi connectivity index (χ1n) is 6.92. The van der Waals surface area contributed by atoms with E-state index in [1.165, 1.54) is 13.3 Å². The molecule has 7 nitrogen and oxygen atoms in total. The Morgan fingerprint density at radius 1 is 1.26 bits per heavy atom. The molecule has 1 N–H and O–H groups in total. The first-order valence-corrected chi connectivity index (χ1v) is 6.92. The monoisotopic (exact) mass is 310 g/mol. The second-order valence-corrected chi connectivity index (χ2v) is 4.97. The number of rotatable bonds is 3. The molecule has 0 unspecified atom stereocenters. The molecule has 3 rings (SSSR count). The highest BCUT2D eigenvalue weighted by atomic mass is 16.3. The number of furan rings is 1. The topological polar surface area (TPSA) is 89.5 Å². The van der Waals surface area contributed by atoms with Crippen LogP contribution in [-0.4, -0.2) is 21.9 Å². The summed E-state index contributed by atoms with van der Waals surface area (Å²) in [6.07, 6.45) is 1.40. The second kappa shape index (κ2) is 5.88. The lowest BCUT2D eigenvalue weighted by atomic mass is 10.1. The summed E-state index contributed by atoms with van der Waals surface area (Å²) in [6, 6.07) is 10.4. The molecule has 2 aromatic heterocycles. The van der Waals surface area contributed by atoms with Crippen molar-refractivity contribution < 1.29 is 9.21 Å². The summed E-state index contributed by atoms with van der Waals surface area (Å²) in [5.41, 5.74) is 2.27. The number of carbonyl (C=O) groups is 1. The van der Waals surface area contributed by atoms with Crippen LogP contribution in [0.25, 0.3) is 10.8 Å². The third-order valence-electron chi connectivity index (χ3n) is 3.29. The smallest absolute Gasteiger partial charge is 0.292 e. The molecular weight excluding hydrogens is 296 g/mol. The van der Waals surface area contributed by atoms with Crippen LogP contribution < -0.4 is 11.0 Å². The number of aryl methyl sites for hydroxylation is 2. The minimum absolute atomic E-state index is 0.135. The molecule has 0 aliphatic carbocycles. The number of hydrogen-bond acceptors (Lipinski definition) is 5. The quantitative estimate of drug-likeness (QED) is 0.588. The number of benzene rings is 1. The van der Waals surface area contributed by atoms with E-state index in [2.05, 4.69) is 15.6 Å². The van der Waals surface area contributed by atoms with Crippen LogP contribution in [0.1, 0.15) is 22.0 Å². The Bertz CT molecular complexity index is 969. The molecule has 23 heavy (non-hydrogen) atoms. The maximum Gasteiger partial charge on any atom is 0.292 e. The Morgan fingerprint density at radius 3 is 2.70 bits per heavy atom. The molecule has 116 valence electrons. The molecule has 0 spiro atoms. The molecule has 3 aromatic rings. The number of hydrogen-bond donors (Lipinski definition) is 1. The summed E-state index contributed by atoms with van der Waals surface area (Å²) in [5.74, 6) is 0.779. The number of hydrazone groups is 1. The zero-order chi connectivity index (χ0) is 16.4. The molecule has 7 heteroatoms. The van der Waals surface area contributed by atoms with E-state index in [0.29, 0.717) is 16.5 Å². The number of aromatic nitrogens is 2. The van der Waals surface area contributed by atoms with Crippen molar-refractivity contribution in [3.63, 3.8) is 0 Å². The third kappa shape index (κ3) is 2.89. The Morgan fingerprint density at radius 2 is 2.00 bits per heavy atom. The van der Waals surface area contributed by atoms with Crippen LogP contribution in [0.5, 0.6) is 0 Å². The van der Waals surface area contributed by atoms with Crippen LogP contribution in [-0.2, 0) is 7.05 Å². The SMILES string of the molecule is Cc1ccc(/C=N/NC(=O)c2nn(C)c(=O)c3ccccc23)o1. The highest BCUT2D eigenvalue weighted by molar-refractivity contribution is 6.04. The van der Waals surface area contributed by atoms with Crippen molar-refractivity contribution >= 4 is 22.9 Å². The summed E-state index contributed by atoms with van der Waals surface area (Å²) >= 11 is 0. The minimum atomic E-state index is -0.503. The van der Waals surface area contributed by atoms with Crippen LogP contribution in [0.2, 0.25) is 0 Å². The van der Waals surface area contributed by atoms with Crippen molar-refractivity contribution in [3.8, 4) is 0 Å². The van der Waals surface area contributed by atoms with E-state index in [1.807, 2.05) is 6.92 Å². The molecule has 0 atom stereocenters. The average Bonchev–Trinajstić information content (AvgIpc) is 2.96. The molecule has 0 saturated carbocycles. The van der Waals surface area contributed by atoms with Gasteiger partial charge in [0.05, 0.1) is 11.6 Å². The summed E-state index contributed by atoms with van der Waals surface area (Å²) in [7, 11) is 1.50. The summed E-state index contributed by atoms with van der Waals surface area (Å²) < 4.78 is 6.45. The zero-order valence-corrected chi connectivity index (χ0v) is 12.6. The number of fused-ring (bicyclic) bond motifs is 1. The highest BCUT2D eigenvalue weighted by Gasteiger charge is 2.14. The van der Waals surface area contributed by atoms with Gasteiger partial charge in [0.15, 0.2) is 5.69 Å². The summed E-state index contributed by atoms with van der Waals surface area (Å²) in [6.45, 7) is 1.82. The van der Waals surface area contributed by atoms with E-state index in [4.69, 9.17) is 4.42 Å². The van der Waals surface area contributed by atoms with E-state index >= 15 is 0 Å². The van der Waals surface area contributed by atoms with Crippen LogP contribution in [0.3, 0.4) is 0 Å². The molecule has 1 amide bonds. The molecule has 0 saturated heterocycles. The molecule has 2 heterocycles. The number of amides is 1. The van der Waals surface area contributed by atoms with Gasteiger partial charge in [0.2, 0.25) is 0 Å². The van der Waals surface area contributed by atoms with Crippen LogP contribution in [0.4, 0.5) is 0 Å². The Labute approximate surface area is 131 Å². The van der Waals surface area contributed by atoms with Gasteiger partial charge in [-0.15, -0.1) is 0 Å². The maximum absolute atomic E-state index is 12.3. The Hall–Kier alpha value is -3.22. The van der Waals surface area contributed by atoms with Crippen molar-refractivity contribution in [2.45, 2.75) is 6.92 Å². The van der Waals surface area contributed by atoms with Gasteiger partial charge in [-0.3, -0.25) is 9.59 Å². The number of carbonyl (C=O) groups excluding carboxylic acids is 1. The highest BCUT2D eigenvalue weighted by Crippen LogP contribution is 2.12. The van der Waals surface area contributed by atoms with Crippen molar-refractivity contribution in [3.05, 3.63) is 64.0 Å². The predicted molar refractivity (Wildman–Crippen MR) is 85.5 cm³/mol. The van der Waals surface area contributed by atoms with Crippen LogP contribution in [0, 0.1) is 6.92 Å². The second-order valence-electron chi connectivity index (χ2n) is 4.97. The van der Waals surface area contributed by atoms with Gasteiger partial charge >= 0.3 is 0 Å². The normalized spacial score (nSPS) is 11.2. The van der Waals surface area contributed by atoms with Gasteiger partial charge in [-0.05, 0) is 25.1 Å². The van der Waals surface area contributed by atoms with Crippen LogP contribution >= 0.6 is 0 Å². The van der Waals surface area contributed by atoms with Gasteiger partial charge < -0.3 is 4.42 Å². The molecule has 0 aliphatic heterocycles. The van der Waals surface area contributed by atoms with Crippen molar-refractivity contribution in [1.82, 2.24) is 15.2 Å². The lowest BCUT2D eigenvalue weighted by Crippen LogP contribution is -2.27. The van der Waals surface area contributed by atoms with Crippen molar-refractivity contribution in [2.75, 3.05) is 0 Å². The zero-order valence-electron chi connectivity index (χ0n) is 12.6. The fraction of sp³-hybridized carbons (Fsp3) is 0.125. The maximum atomic E-state index is 12.3. The average molecular weight is 310 g/mol. The number of nitrogens with one attached hydrogen (secondary N) is 1. The van der Waals surface area contributed by atoms with Crippen molar-refractivity contribution in [1.29, 1.82) is 0 Å².